The SMILES string of the molecule is Cc1ccc(OCC(=O)NCCn2nc(C(F)(F)F)cc2C2CC2)cc1. The van der Waals surface area contributed by atoms with Crippen LogP contribution in [0.5, 0.6) is 5.75 Å². The van der Waals surface area contributed by atoms with Gasteiger partial charge in [-0.25, -0.2) is 0 Å². The number of hydrogen-bond donors (Lipinski definition) is 1. The van der Waals surface area contributed by atoms with Crippen LogP contribution in [0.15, 0.2) is 30.3 Å². The van der Waals surface area contributed by atoms with Gasteiger partial charge in [-0.05, 0) is 38.0 Å². The zero-order valence-corrected chi connectivity index (χ0v) is 14.3. The number of amides is 1. The van der Waals surface area contributed by atoms with Crippen LogP contribution in [0.2, 0.25) is 0 Å². The van der Waals surface area contributed by atoms with E-state index < -0.39 is 11.9 Å². The lowest BCUT2D eigenvalue weighted by atomic mass is 10.2. The highest BCUT2D eigenvalue weighted by molar-refractivity contribution is 5.77. The first kappa shape index (κ1) is 18.3. The molecule has 1 fully saturated rings. The Balaban J connectivity index is 1.49. The fourth-order valence-corrected chi connectivity index (χ4v) is 2.59. The van der Waals surface area contributed by atoms with Gasteiger partial charge in [-0.3, -0.25) is 9.48 Å². The first-order chi connectivity index (χ1) is 12.3. The molecule has 26 heavy (non-hydrogen) atoms. The maximum Gasteiger partial charge on any atom is 0.435 e. The number of hydrogen-bond acceptors (Lipinski definition) is 3. The number of alkyl halides is 3. The van der Waals surface area contributed by atoms with Gasteiger partial charge in [0.05, 0.1) is 6.54 Å². The van der Waals surface area contributed by atoms with Gasteiger partial charge in [0.1, 0.15) is 5.75 Å². The molecule has 1 N–H and O–H groups in total. The van der Waals surface area contributed by atoms with E-state index in [-0.39, 0.29) is 31.5 Å². The van der Waals surface area contributed by atoms with E-state index in [2.05, 4.69) is 10.4 Å². The number of rotatable bonds is 7. The van der Waals surface area contributed by atoms with E-state index in [0.29, 0.717) is 11.4 Å². The molecule has 0 radical (unpaired) electrons. The number of benzene rings is 1. The van der Waals surface area contributed by atoms with Crippen molar-refractivity contribution in [1.82, 2.24) is 15.1 Å². The summed E-state index contributed by atoms with van der Waals surface area (Å²) in [5.41, 5.74) is 0.793. The van der Waals surface area contributed by atoms with Crippen LogP contribution in [0.1, 0.15) is 35.7 Å². The van der Waals surface area contributed by atoms with E-state index in [9.17, 15) is 18.0 Å². The smallest absolute Gasteiger partial charge is 0.435 e. The lowest BCUT2D eigenvalue weighted by Crippen LogP contribution is -2.32. The Bertz CT molecular complexity index is 765. The first-order valence-corrected chi connectivity index (χ1v) is 8.44. The number of carbonyl (C=O) groups excluding carboxylic acids is 1. The summed E-state index contributed by atoms with van der Waals surface area (Å²) in [6, 6.07) is 8.41. The molecule has 1 aromatic heterocycles. The van der Waals surface area contributed by atoms with Crippen LogP contribution in [0, 0.1) is 6.92 Å². The van der Waals surface area contributed by atoms with Crippen molar-refractivity contribution in [2.75, 3.05) is 13.2 Å². The summed E-state index contributed by atoms with van der Waals surface area (Å²) in [4.78, 5) is 11.8. The van der Waals surface area contributed by atoms with Crippen LogP contribution >= 0.6 is 0 Å². The molecule has 0 unspecified atom stereocenters. The predicted molar refractivity (Wildman–Crippen MR) is 88.9 cm³/mol. The fourth-order valence-electron chi connectivity index (χ4n) is 2.59. The Hall–Kier alpha value is -2.51. The van der Waals surface area contributed by atoms with Crippen LogP contribution < -0.4 is 10.1 Å². The van der Waals surface area contributed by atoms with Crippen molar-refractivity contribution in [1.29, 1.82) is 0 Å². The molecule has 5 nitrogen and oxygen atoms in total. The fraction of sp³-hybridized carbons (Fsp3) is 0.444. The quantitative estimate of drug-likeness (QED) is 0.817. The molecule has 1 heterocycles. The maximum atomic E-state index is 12.8. The minimum Gasteiger partial charge on any atom is -0.484 e. The lowest BCUT2D eigenvalue weighted by molar-refractivity contribution is -0.141. The second-order valence-electron chi connectivity index (χ2n) is 6.40. The van der Waals surface area contributed by atoms with Crippen LogP contribution in [0.3, 0.4) is 0 Å². The molecule has 1 aliphatic carbocycles. The van der Waals surface area contributed by atoms with Gasteiger partial charge in [0.2, 0.25) is 0 Å². The Labute approximate surface area is 149 Å². The highest BCUT2D eigenvalue weighted by atomic mass is 19.4. The van der Waals surface area contributed by atoms with Crippen molar-refractivity contribution >= 4 is 5.91 Å². The summed E-state index contributed by atoms with van der Waals surface area (Å²) in [6.07, 6.45) is -2.71. The Morgan fingerprint density at radius 3 is 2.62 bits per heavy atom. The van der Waals surface area contributed by atoms with E-state index in [4.69, 9.17) is 4.74 Å². The minimum atomic E-state index is -4.46. The molecule has 0 aliphatic heterocycles. The summed E-state index contributed by atoms with van der Waals surface area (Å²) in [7, 11) is 0. The zero-order chi connectivity index (χ0) is 18.7. The van der Waals surface area contributed by atoms with Gasteiger partial charge in [0.15, 0.2) is 12.3 Å². The summed E-state index contributed by atoms with van der Waals surface area (Å²) >= 11 is 0. The number of carbonyl (C=O) groups is 1. The number of nitrogens with one attached hydrogen (secondary N) is 1. The highest BCUT2D eigenvalue weighted by Gasteiger charge is 2.37. The molecule has 1 aromatic carbocycles. The first-order valence-electron chi connectivity index (χ1n) is 8.44. The van der Waals surface area contributed by atoms with Gasteiger partial charge in [0, 0.05) is 18.2 Å². The molecule has 0 atom stereocenters. The number of ether oxygens (including phenoxy) is 1. The Morgan fingerprint density at radius 2 is 2.00 bits per heavy atom. The van der Waals surface area contributed by atoms with Crippen molar-refractivity contribution in [3.8, 4) is 5.75 Å². The van der Waals surface area contributed by atoms with Gasteiger partial charge in [0.25, 0.3) is 5.91 Å². The van der Waals surface area contributed by atoms with Crippen molar-refractivity contribution in [2.45, 2.75) is 38.4 Å². The average molecular weight is 367 g/mol. The van der Waals surface area contributed by atoms with Crippen LogP contribution in [-0.2, 0) is 17.5 Å². The van der Waals surface area contributed by atoms with Crippen LogP contribution in [0.25, 0.3) is 0 Å². The third-order valence-corrected chi connectivity index (χ3v) is 4.13. The van der Waals surface area contributed by atoms with E-state index >= 15 is 0 Å². The summed E-state index contributed by atoms with van der Waals surface area (Å²) in [5, 5.41) is 6.29. The Morgan fingerprint density at radius 1 is 1.31 bits per heavy atom. The molecule has 0 spiro atoms. The third-order valence-electron chi connectivity index (χ3n) is 4.13. The third kappa shape index (κ3) is 4.77. The molecule has 0 bridgehead atoms. The summed E-state index contributed by atoms with van der Waals surface area (Å²) < 4.78 is 45.2. The maximum absolute atomic E-state index is 12.8. The van der Waals surface area contributed by atoms with Gasteiger partial charge < -0.3 is 10.1 Å². The number of nitrogens with zero attached hydrogens (tertiary/aromatic N) is 2. The predicted octanol–water partition coefficient (Wildman–Crippen LogP) is 3.28. The second kappa shape index (κ2) is 7.39. The molecule has 1 aliphatic rings. The van der Waals surface area contributed by atoms with E-state index in [1.54, 1.807) is 12.1 Å². The van der Waals surface area contributed by atoms with Crippen molar-refractivity contribution < 1.29 is 22.7 Å². The van der Waals surface area contributed by atoms with E-state index in [1.807, 2.05) is 19.1 Å². The number of aryl methyl sites for hydroxylation is 1. The second-order valence-corrected chi connectivity index (χ2v) is 6.40. The van der Waals surface area contributed by atoms with Crippen molar-refractivity contribution in [2.24, 2.45) is 0 Å². The molecular formula is C18H20F3N3O2. The highest BCUT2D eigenvalue weighted by Crippen LogP contribution is 2.42. The van der Waals surface area contributed by atoms with E-state index in [0.717, 1.165) is 24.5 Å². The molecule has 1 saturated carbocycles. The van der Waals surface area contributed by atoms with Crippen molar-refractivity contribution in [3.63, 3.8) is 0 Å². The van der Waals surface area contributed by atoms with Crippen LogP contribution in [0.4, 0.5) is 13.2 Å². The molecule has 8 heteroatoms. The molecule has 140 valence electrons. The Kier molecular flexibility index (Phi) is 5.20. The molecule has 0 saturated heterocycles. The van der Waals surface area contributed by atoms with Gasteiger partial charge in [-0.15, -0.1) is 0 Å². The molecular weight excluding hydrogens is 347 g/mol. The topological polar surface area (TPSA) is 56.1 Å². The van der Waals surface area contributed by atoms with Gasteiger partial charge >= 0.3 is 6.18 Å². The van der Waals surface area contributed by atoms with Crippen LogP contribution in [-0.4, -0.2) is 28.8 Å². The summed E-state index contributed by atoms with van der Waals surface area (Å²) in [6.45, 7) is 2.18. The number of halogens is 3. The standard InChI is InChI=1S/C18H20F3N3O2/c1-12-2-6-14(7-3-12)26-11-17(25)22-8-9-24-15(13-4-5-13)10-16(23-24)18(19,20)21/h2-3,6-7,10,13H,4-5,8-9,11H2,1H3,(H,22,25). The normalized spacial score (nSPS) is 14.3. The number of aromatic nitrogens is 2. The lowest BCUT2D eigenvalue weighted by Gasteiger charge is -2.09. The van der Waals surface area contributed by atoms with E-state index in [1.165, 1.54) is 4.68 Å². The monoisotopic (exact) mass is 367 g/mol. The molecule has 1 amide bonds. The molecule has 3 rings (SSSR count). The van der Waals surface area contributed by atoms with Gasteiger partial charge in [-0.1, -0.05) is 17.7 Å². The largest absolute Gasteiger partial charge is 0.484 e. The van der Waals surface area contributed by atoms with Gasteiger partial charge in [-0.2, -0.15) is 18.3 Å². The summed E-state index contributed by atoms with van der Waals surface area (Å²) in [5.74, 6) is 0.393. The van der Waals surface area contributed by atoms with Crippen molar-refractivity contribution in [3.05, 3.63) is 47.3 Å². The zero-order valence-electron chi connectivity index (χ0n) is 14.3. The molecule has 2 aromatic rings. The average Bonchev–Trinajstić information content (AvgIpc) is 3.33. The minimum absolute atomic E-state index is 0.138.